The van der Waals surface area contributed by atoms with E-state index in [1.165, 1.54) is 12.1 Å². The van der Waals surface area contributed by atoms with E-state index < -0.39 is 15.9 Å². The molecule has 3 aromatic rings. The molecule has 0 unspecified atom stereocenters. The lowest BCUT2D eigenvalue weighted by Gasteiger charge is -2.26. The van der Waals surface area contributed by atoms with Crippen LogP contribution in [0.3, 0.4) is 0 Å². The second kappa shape index (κ2) is 9.98. The maximum atomic E-state index is 13.4. The third kappa shape index (κ3) is 5.46. The van der Waals surface area contributed by atoms with Gasteiger partial charge in [-0.1, -0.05) is 78.7 Å². The average molecular weight is 457 g/mol. The third-order valence-corrected chi connectivity index (χ3v) is 7.06. The van der Waals surface area contributed by atoms with Crippen molar-refractivity contribution in [2.24, 2.45) is 0 Å². The molecule has 3 rings (SSSR count). The largest absolute Gasteiger partial charge is 0.348 e. The summed E-state index contributed by atoms with van der Waals surface area (Å²) in [4.78, 5) is 13.1. The van der Waals surface area contributed by atoms with Crippen molar-refractivity contribution in [3.8, 4) is 0 Å². The van der Waals surface area contributed by atoms with Gasteiger partial charge in [-0.2, -0.15) is 0 Å². The first-order valence-corrected chi connectivity index (χ1v) is 11.8. The Morgan fingerprint density at radius 3 is 2.19 bits per heavy atom. The lowest BCUT2D eigenvalue weighted by Crippen LogP contribution is -2.42. The van der Waals surface area contributed by atoms with Crippen LogP contribution in [-0.2, 0) is 14.8 Å². The zero-order chi connectivity index (χ0) is 22.4. The summed E-state index contributed by atoms with van der Waals surface area (Å²) in [6.07, 6.45) is 0.673. The van der Waals surface area contributed by atoms with Crippen molar-refractivity contribution in [1.29, 1.82) is 0 Å². The summed E-state index contributed by atoms with van der Waals surface area (Å²) in [6, 6.07) is 22.3. The van der Waals surface area contributed by atoms with Crippen LogP contribution in [0.15, 0.2) is 83.8 Å². The number of sulfonamides is 1. The Bertz CT molecular complexity index is 1130. The van der Waals surface area contributed by atoms with Crippen LogP contribution in [0, 0.1) is 6.92 Å². The molecule has 31 heavy (non-hydrogen) atoms. The fourth-order valence-electron chi connectivity index (χ4n) is 3.26. The van der Waals surface area contributed by atoms with E-state index in [0.717, 1.165) is 15.4 Å². The van der Waals surface area contributed by atoms with Gasteiger partial charge in [-0.05, 0) is 43.2 Å². The number of para-hydroxylation sites is 1. The molecular weight excluding hydrogens is 432 g/mol. The van der Waals surface area contributed by atoms with Crippen molar-refractivity contribution in [1.82, 2.24) is 5.32 Å². The number of carbonyl (C=O) groups excluding carboxylic acids is 1. The number of aryl methyl sites for hydroxylation is 1. The van der Waals surface area contributed by atoms with Crippen LogP contribution in [0.2, 0.25) is 5.02 Å². The molecule has 5 nitrogen and oxygen atoms in total. The summed E-state index contributed by atoms with van der Waals surface area (Å²) in [5.41, 5.74) is 2.35. The minimum atomic E-state index is -4.00. The van der Waals surface area contributed by atoms with Crippen molar-refractivity contribution < 1.29 is 13.2 Å². The van der Waals surface area contributed by atoms with Gasteiger partial charge in [0.05, 0.1) is 21.6 Å². The second-order valence-corrected chi connectivity index (χ2v) is 9.48. The Hall–Kier alpha value is -2.83. The number of amides is 1. The maximum Gasteiger partial charge on any atom is 0.264 e. The minimum Gasteiger partial charge on any atom is -0.348 e. The lowest BCUT2D eigenvalue weighted by molar-refractivity contribution is -0.120. The van der Waals surface area contributed by atoms with Crippen molar-refractivity contribution in [3.05, 3.63) is 95.0 Å². The molecule has 0 saturated heterocycles. The van der Waals surface area contributed by atoms with Crippen molar-refractivity contribution in [2.45, 2.75) is 31.2 Å². The van der Waals surface area contributed by atoms with Crippen LogP contribution in [0.25, 0.3) is 0 Å². The molecule has 0 spiro atoms. The van der Waals surface area contributed by atoms with E-state index in [1.54, 1.807) is 42.5 Å². The van der Waals surface area contributed by atoms with Gasteiger partial charge in [0.2, 0.25) is 5.91 Å². The van der Waals surface area contributed by atoms with E-state index in [-0.39, 0.29) is 28.2 Å². The summed E-state index contributed by atoms with van der Waals surface area (Å²) in [5.74, 6) is -0.410. The van der Waals surface area contributed by atoms with Gasteiger partial charge in [-0.3, -0.25) is 9.10 Å². The quantitative estimate of drug-likeness (QED) is 0.512. The Balaban J connectivity index is 1.91. The van der Waals surface area contributed by atoms with Gasteiger partial charge >= 0.3 is 0 Å². The van der Waals surface area contributed by atoms with Gasteiger partial charge < -0.3 is 5.32 Å². The zero-order valence-corrected chi connectivity index (χ0v) is 19.0. The Kier molecular flexibility index (Phi) is 7.36. The molecule has 0 aliphatic heterocycles. The predicted octanol–water partition coefficient (Wildman–Crippen LogP) is 5.11. The summed E-state index contributed by atoms with van der Waals surface area (Å²) < 4.78 is 27.8. The molecule has 3 aromatic carbocycles. The molecule has 1 N–H and O–H groups in total. The summed E-state index contributed by atoms with van der Waals surface area (Å²) in [6.45, 7) is 3.58. The van der Waals surface area contributed by atoms with E-state index in [4.69, 9.17) is 11.6 Å². The minimum absolute atomic E-state index is 0.0910. The highest BCUT2D eigenvalue weighted by Gasteiger charge is 2.29. The standard InChI is InChI=1S/C24H25ClN2O3S/c1-3-22(19-15-13-18(2)14-16-19)26-24(28)17-27(23-12-8-7-11-21(23)25)31(29,30)20-9-5-4-6-10-20/h4-16,22H,3,17H2,1-2H3,(H,26,28)/t22-/m0/s1. The molecule has 0 bridgehead atoms. The molecule has 0 aromatic heterocycles. The number of halogens is 1. The van der Waals surface area contributed by atoms with E-state index in [2.05, 4.69) is 5.32 Å². The SMILES string of the molecule is CC[C@H](NC(=O)CN(c1ccccc1Cl)S(=O)(=O)c1ccccc1)c1ccc(C)cc1. The van der Waals surface area contributed by atoms with Crippen LogP contribution in [0.1, 0.15) is 30.5 Å². The number of hydrogen-bond donors (Lipinski definition) is 1. The number of rotatable bonds is 8. The molecule has 0 aliphatic carbocycles. The highest BCUT2D eigenvalue weighted by atomic mass is 35.5. The van der Waals surface area contributed by atoms with E-state index in [9.17, 15) is 13.2 Å². The van der Waals surface area contributed by atoms with Gasteiger partial charge in [-0.15, -0.1) is 0 Å². The smallest absolute Gasteiger partial charge is 0.264 e. The van der Waals surface area contributed by atoms with Gasteiger partial charge in [-0.25, -0.2) is 8.42 Å². The molecule has 0 heterocycles. The van der Waals surface area contributed by atoms with Gasteiger partial charge in [0.25, 0.3) is 10.0 Å². The first-order valence-electron chi connectivity index (χ1n) is 10.0. The molecular formula is C24H25ClN2O3S. The van der Waals surface area contributed by atoms with Crippen LogP contribution in [0.5, 0.6) is 0 Å². The number of benzene rings is 3. The molecule has 1 atom stereocenters. The normalized spacial score (nSPS) is 12.2. The topological polar surface area (TPSA) is 66.5 Å². The van der Waals surface area contributed by atoms with Crippen LogP contribution in [-0.4, -0.2) is 20.9 Å². The average Bonchev–Trinajstić information content (AvgIpc) is 2.77. The zero-order valence-electron chi connectivity index (χ0n) is 17.5. The lowest BCUT2D eigenvalue weighted by atomic mass is 10.0. The van der Waals surface area contributed by atoms with Crippen molar-refractivity contribution in [3.63, 3.8) is 0 Å². The molecule has 0 aliphatic rings. The van der Waals surface area contributed by atoms with Crippen LogP contribution >= 0.6 is 11.6 Å². The van der Waals surface area contributed by atoms with E-state index in [0.29, 0.717) is 6.42 Å². The maximum absolute atomic E-state index is 13.4. The number of anilines is 1. The predicted molar refractivity (Wildman–Crippen MR) is 125 cm³/mol. The Morgan fingerprint density at radius 2 is 1.58 bits per heavy atom. The molecule has 0 radical (unpaired) electrons. The monoisotopic (exact) mass is 456 g/mol. The first kappa shape index (κ1) is 22.8. The summed E-state index contributed by atoms with van der Waals surface area (Å²) >= 11 is 6.30. The fraction of sp³-hybridized carbons (Fsp3) is 0.208. The van der Waals surface area contributed by atoms with Gasteiger partial charge in [0, 0.05) is 0 Å². The number of carbonyl (C=O) groups is 1. The van der Waals surface area contributed by atoms with Crippen LogP contribution in [0.4, 0.5) is 5.69 Å². The molecule has 162 valence electrons. The highest BCUT2D eigenvalue weighted by Crippen LogP contribution is 2.30. The van der Waals surface area contributed by atoms with E-state index in [1.807, 2.05) is 38.1 Å². The first-order chi connectivity index (χ1) is 14.8. The van der Waals surface area contributed by atoms with E-state index >= 15 is 0 Å². The Labute approximate surface area is 188 Å². The fourth-order valence-corrected chi connectivity index (χ4v) is 5.01. The summed E-state index contributed by atoms with van der Waals surface area (Å²) in [5, 5.41) is 3.21. The van der Waals surface area contributed by atoms with Crippen molar-refractivity contribution in [2.75, 3.05) is 10.8 Å². The van der Waals surface area contributed by atoms with Gasteiger partial charge in [0.15, 0.2) is 0 Å². The van der Waals surface area contributed by atoms with Crippen molar-refractivity contribution >= 4 is 33.2 Å². The Morgan fingerprint density at radius 1 is 0.968 bits per heavy atom. The second-order valence-electron chi connectivity index (χ2n) is 7.22. The molecule has 1 amide bonds. The third-order valence-electron chi connectivity index (χ3n) is 4.96. The number of hydrogen-bond acceptors (Lipinski definition) is 3. The molecule has 7 heteroatoms. The van der Waals surface area contributed by atoms with Crippen LogP contribution < -0.4 is 9.62 Å². The molecule has 0 fully saturated rings. The summed E-state index contributed by atoms with van der Waals surface area (Å²) in [7, 11) is -4.00. The van der Waals surface area contributed by atoms with Gasteiger partial charge in [0.1, 0.15) is 6.54 Å². The highest BCUT2D eigenvalue weighted by molar-refractivity contribution is 7.92. The number of nitrogens with zero attached hydrogens (tertiary/aromatic N) is 1. The molecule has 0 saturated carbocycles. The number of nitrogens with one attached hydrogen (secondary N) is 1.